The standard InChI is InChI=1S/C15H19N3O/c1-19-15-5-3-2-4-12(15)9-18-10-14(17-11-18)8-16-13-6-7-13/h2-5,10-11,13,16H,6-9H2,1H3. The first-order valence-corrected chi connectivity index (χ1v) is 6.71. The highest BCUT2D eigenvalue weighted by atomic mass is 16.5. The summed E-state index contributed by atoms with van der Waals surface area (Å²) in [5.74, 6) is 0.925. The fourth-order valence-electron chi connectivity index (χ4n) is 2.15. The second-order valence-electron chi connectivity index (χ2n) is 5.00. The fraction of sp³-hybridized carbons (Fsp3) is 0.400. The van der Waals surface area contributed by atoms with Crippen LogP contribution in [-0.4, -0.2) is 22.7 Å². The van der Waals surface area contributed by atoms with Crippen molar-refractivity contribution in [3.8, 4) is 5.75 Å². The van der Waals surface area contributed by atoms with Gasteiger partial charge in [0.15, 0.2) is 0 Å². The van der Waals surface area contributed by atoms with Crippen LogP contribution in [0.15, 0.2) is 36.8 Å². The predicted octanol–water partition coefficient (Wildman–Crippen LogP) is 2.19. The van der Waals surface area contributed by atoms with E-state index in [1.165, 1.54) is 18.4 Å². The number of methoxy groups -OCH3 is 1. The summed E-state index contributed by atoms with van der Waals surface area (Å²) in [4.78, 5) is 4.43. The highest BCUT2D eigenvalue weighted by Crippen LogP contribution is 2.20. The number of hydrogen-bond donors (Lipinski definition) is 1. The Hall–Kier alpha value is -1.81. The lowest BCUT2D eigenvalue weighted by molar-refractivity contribution is 0.408. The zero-order chi connectivity index (χ0) is 13.1. The number of hydrogen-bond acceptors (Lipinski definition) is 3. The zero-order valence-electron chi connectivity index (χ0n) is 11.2. The van der Waals surface area contributed by atoms with E-state index in [0.29, 0.717) is 0 Å². The molecule has 4 heteroatoms. The van der Waals surface area contributed by atoms with Crippen LogP contribution in [-0.2, 0) is 13.1 Å². The highest BCUT2D eigenvalue weighted by Gasteiger charge is 2.20. The quantitative estimate of drug-likeness (QED) is 0.862. The Balaban J connectivity index is 1.65. The molecule has 1 aliphatic carbocycles. The van der Waals surface area contributed by atoms with Crippen LogP contribution < -0.4 is 10.1 Å². The molecule has 0 atom stereocenters. The predicted molar refractivity (Wildman–Crippen MR) is 74.2 cm³/mol. The van der Waals surface area contributed by atoms with Gasteiger partial charge >= 0.3 is 0 Å². The molecular formula is C15H19N3O. The summed E-state index contributed by atoms with van der Waals surface area (Å²) in [7, 11) is 1.71. The van der Waals surface area contributed by atoms with Crippen LogP contribution in [0.25, 0.3) is 0 Å². The Morgan fingerprint density at radius 3 is 3.00 bits per heavy atom. The monoisotopic (exact) mass is 257 g/mol. The first-order chi connectivity index (χ1) is 9.35. The largest absolute Gasteiger partial charge is 0.496 e. The summed E-state index contributed by atoms with van der Waals surface area (Å²) in [6, 6.07) is 8.81. The van der Waals surface area contributed by atoms with Gasteiger partial charge in [-0.05, 0) is 18.9 Å². The normalized spacial score (nSPS) is 14.6. The number of aromatic nitrogens is 2. The molecule has 0 saturated heterocycles. The van der Waals surface area contributed by atoms with Crippen molar-refractivity contribution < 1.29 is 4.74 Å². The van der Waals surface area contributed by atoms with Crippen molar-refractivity contribution in [2.24, 2.45) is 0 Å². The Morgan fingerprint density at radius 2 is 2.21 bits per heavy atom. The molecule has 1 aromatic carbocycles. The van der Waals surface area contributed by atoms with Gasteiger partial charge in [-0.3, -0.25) is 0 Å². The summed E-state index contributed by atoms with van der Waals surface area (Å²) < 4.78 is 7.46. The second kappa shape index (κ2) is 5.45. The minimum Gasteiger partial charge on any atom is -0.496 e. The van der Waals surface area contributed by atoms with Crippen LogP contribution in [0.5, 0.6) is 5.75 Å². The maximum absolute atomic E-state index is 5.37. The Labute approximate surface area is 113 Å². The summed E-state index contributed by atoms with van der Waals surface area (Å²) >= 11 is 0. The van der Waals surface area contributed by atoms with Crippen molar-refractivity contribution >= 4 is 0 Å². The minimum absolute atomic E-state index is 0.722. The molecule has 19 heavy (non-hydrogen) atoms. The number of para-hydroxylation sites is 1. The molecule has 1 heterocycles. The van der Waals surface area contributed by atoms with Crippen molar-refractivity contribution in [3.63, 3.8) is 0 Å². The zero-order valence-corrected chi connectivity index (χ0v) is 11.2. The van der Waals surface area contributed by atoms with Crippen molar-refractivity contribution in [1.82, 2.24) is 14.9 Å². The van der Waals surface area contributed by atoms with E-state index in [4.69, 9.17) is 4.74 Å². The third-order valence-electron chi connectivity index (χ3n) is 3.38. The molecule has 0 radical (unpaired) electrons. The number of rotatable bonds is 6. The number of ether oxygens (including phenoxy) is 1. The number of nitrogens with zero attached hydrogens (tertiary/aromatic N) is 2. The first kappa shape index (κ1) is 12.2. The molecular weight excluding hydrogens is 238 g/mol. The molecule has 1 fully saturated rings. The number of nitrogens with one attached hydrogen (secondary N) is 1. The molecule has 1 aromatic heterocycles. The van der Waals surface area contributed by atoms with Gasteiger partial charge in [0.25, 0.3) is 0 Å². The van der Waals surface area contributed by atoms with Gasteiger partial charge in [-0.2, -0.15) is 0 Å². The number of benzene rings is 1. The molecule has 1 N–H and O–H groups in total. The van der Waals surface area contributed by atoms with Gasteiger partial charge in [-0.15, -0.1) is 0 Å². The van der Waals surface area contributed by atoms with Crippen LogP contribution in [0.2, 0.25) is 0 Å². The van der Waals surface area contributed by atoms with Crippen LogP contribution in [0.3, 0.4) is 0 Å². The van der Waals surface area contributed by atoms with E-state index in [-0.39, 0.29) is 0 Å². The average molecular weight is 257 g/mol. The van der Waals surface area contributed by atoms with Gasteiger partial charge in [0.05, 0.1) is 25.7 Å². The van der Waals surface area contributed by atoms with Gasteiger partial charge in [0.1, 0.15) is 5.75 Å². The van der Waals surface area contributed by atoms with E-state index >= 15 is 0 Å². The van der Waals surface area contributed by atoms with Crippen LogP contribution in [0.1, 0.15) is 24.1 Å². The molecule has 3 rings (SSSR count). The van der Waals surface area contributed by atoms with Gasteiger partial charge < -0.3 is 14.6 Å². The molecule has 100 valence electrons. The van der Waals surface area contributed by atoms with E-state index in [1.54, 1.807) is 7.11 Å². The SMILES string of the molecule is COc1ccccc1Cn1cnc(CNC2CC2)c1. The van der Waals surface area contributed by atoms with Crippen molar-refractivity contribution in [3.05, 3.63) is 48.0 Å². The van der Waals surface area contributed by atoms with Gasteiger partial charge in [0, 0.05) is 24.3 Å². The maximum atomic E-state index is 5.37. The second-order valence-corrected chi connectivity index (χ2v) is 5.00. The van der Waals surface area contributed by atoms with Crippen molar-refractivity contribution in [2.75, 3.05) is 7.11 Å². The van der Waals surface area contributed by atoms with Crippen molar-refractivity contribution in [2.45, 2.75) is 32.0 Å². The third-order valence-corrected chi connectivity index (χ3v) is 3.38. The van der Waals surface area contributed by atoms with Crippen LogP contribution >= 0.6 is 0 Å². The molecule has 2 aromatic rings. The van der Waals surface area contributed by atoms with E-state index in [1.807, 2.05) is 24.5 Å². The molecule has 1 saturated carbocycles. The lowest BCUT2D eigenvalue weighted by Crippen LogP contribution is -2.15. The minimum atomic E-state index is 0.722. The average Bonchev–Trinajstić information content (AvgIpc) is 3.17. The van der Waals surface area contributed by atoms with E-state index < -0.39 is 0 Å². The lowest BCUT2D eigenvalue weighted by Gasteiger charge is -2.08. The Bertz CT molecular complexity index is 546. The van der Waals surface area contributed by atoms with Crippen LogP contribution in [0.4, 0.5) is 0 Å². The van der Waals surface area contributed by atoms with Crippen LogP contribution in [0, 0.1) is 0 Å². The molecule has 0 amide bonds. The van der Waals surface area contributed by atoms with Crippen molar-refractivity contribution in [1.29, 1.82) is 0 Å². The smallest absolute Gasteiger partial charge is 0.123 e. The highest BCUT2D eigenvalue weighted by molar-refractivity contribution is 5.33. The van der Waals surface area contributed by atoms with Gasteiger partial charge in [-0.25, -0.2) is 4.98 Å². The van der Waals surface area contributed by atoms with E-state index in [2.05, 4.69) is 27.1 Å². The Kier molecular flexibility index (Phi) is 3.51. The molecule has 0 aliphatic heterocycles. The summed E-state index contributed by atoms with van der Waals surface area (Å²) in [5, 5.41) is 3.47. The molecule has 0 unspecified atom stereocenters. The molecule has 1 aliphatic rings. The Morgan fingerprint density at radius 1 is 1.37 bits per heavy atom. The molecule has 0 bridgehead atoms. The molecule has 4 nitrogen and oxygen atoms in total. The number of imidazole rings is 1. The maximum Gasteiger partial charge on any atom is 0.123 e. The van der Waals surface area contributed by atoms with Gasteiger partial charge in [0.2, 0.25) is 0 Å². The lowest BCUT2D eigenvalue weighted by atomic mass is 10.2. The molecule has 0 spiro atoms. The third kappa shape index (κ3) is 3.15. The summed E-state index contributed by atoms with van der Waals surface area (Å²) in [6.45, 7) is 1.66. The summed E-state index contributed by atoms with van der Waals surface area (Å²) in [6.07, 6.45) is 6.60. The first-order valence-electron chi connectivity index (χ1n) is 6.71. The van der Waals surface area contributed by atoms with E-state index in [0.717, 1.165) is 30.6 Å². The van der Waals surface area contributed by atoms with Gasteiger partial charge in [-0.1, -0.05) is 18.2 Å². The fourth-order valence-corrected chi connectivity index (χ4v) is 2.15. The van der Waals surface area contributed by atoms with E-state index in [9.17, 15) is 0 Å². The topological polar surface area (TPSA) is 39.1 Å². The summed E-state index contributed by atoms with van der Waals surface area (Å²) in [5.41, 5.74) is 2.27.